The first-order chi connectivity index (χ1) is 13.0. The number of aromatic nitrogens is 2. The SMILES string of the molecule is C=CC[C@@]1(OCc2ccccc2)C[C@H](n2cc(C)c(=O)[nH]c2=O)O[C@@H]1CO. The van der Waals surface area contributed by atoms with Crippen LogP contribution in [-0.2, 0) is 16.1 Å². The van der Waals surface area contributed by atoms with Crippen molar-refractivity contribution < 1.29 is 14.6 Å². The summed E-state index contributed by atoms with van der Waals surface area (Å²) < 4.78 is 13.5. The monoisotopic (exact) mass is 372 g/mol. The zero-order valence-electron chi connectivity index (χ0n) is 15.3. The van der Waals surface area contributed by atoms with E-state index in [2.05, 4.69) is 11.6 Å². The zero-order chi connectivity index (χ0) is 19.4. The minimum absolute atomic E-state index is 0.254. The normalized spacial score (nSPS) is 24.8. The quantitative estimate of drug-likeness (QED) is 0.721. The van der Waals surface area contributed by atoms with Crippen LogP contribution >= 0.6 is 0 Å². The van der Waals surface area contributed by atoms with E-state index in [1.807, 2.05) is 30.3 Å². The van der Waals surface area contributed by atoms with Gasteiger partial charge in [0, 0.05) is 18.2 Å². The van der Waals surface area contributed by atoms with E-state index in [0.29, 0.717) is 25.0 Å². The molecule has 7 nitrogen and oxygen atoms in total. The predicted molar refractivity (Wildman–Crippen MR) is 100 cm³/mol. The van der Waals surface area contributed by atoms with E-state index in [1.54, 1.807) is 13.0 Å². The number of nitrogens with one attached hydrogen (secondary N) is 1. The summed E-state index contributed by atoms with van der Waals surface area (Å²) in [6.07, 6.45) is 2.73. The van der Waals surface area contributed by atoms with Gasteiger partial charge in [0.05, 0.1) is 13.2 Å². The Morgan fingerprint density at radius 1 is 1.41 bits per heavy atom. The van der Waals surface area contributed by atoms with Crippen molar-refractivity contribution in [3.05, 3.63) is 81.1 Å². The second kappa shape index (κ2) is 8.04. The number of ether oxygens (including phenoxy) is 2. The molecule has 144 valence electrons. The maximum absolute atomic E-state index is 12.2. The topological polar surface area (TPSA) is 93.6 Å². The van der Waals surface area contributed by atoms with Crippen LogP contribution in [0.2, 0.25) is 0 Å². The van der Waals surface area contributed by atoms with Gasteiger partial charge in [-0.05, 0) is 18.9 Å². The highest BCUT2D eigenvalue weighted by Gasteiger charge is 2.49. The first-order valence-electron chi connectivity index (χ1n) is 8.86. The van der Waals surface area contributed by atoms with Crippen LogP contribution in [0, 0.1) is 6.92 Å². The van der Waals surface area contributed by atoms with Gasteiger partial charge in [-0.1, -0.05) is 36.4 Å². The van der Waals surface area contributed by atoms with Crippen molar-refractivity contribution in [3.8, 4) is 0 Å². The summed E-state index contributed by atoms with van der Waals surface area (Å²) in [5.41, 5.74) is -0.390. The molecule has 1 saturated heterocycles. The summed E-state index contributed by atoms with van der Waals surface area (Å²) in [6, 6.07) is 9.70. The molecule has 1 aromatic carbocycles. The Morgan fingerprint density at radius 2 is 2.15 bits per heavy atom. The van der Waals surface area contributed by atoms with Crippen LogP contribution in [0.15, 0.2) is 58.8 Å². The second-order valence-electron chi connectivity index (χ2n) is 6.78. The Bertz CT molecular complexity index is 905. The van der Waals surface area contributed by atoms with E-state index >= 15 is 0 Å². The zero-order valence-corrected chi connectivity index (χ0v) is 15.3. The molecule has 3 atom stereocenters. The molecular weight excluding hydrogens is 348 g/mol. The highest BCUT2D eigenvalue weighted by molar-refractivity contribution is 5.14. The highest BCUT2D eigenvalue weighted by Crippen LogP contribution is 2.42. The fourth-order valence-corrected chi connectivity index (χ4v) is 3.43. The van der Waals surface area contributed by atoms with Crippen LogP contribution in [0.25, 0.3) is 0 Å². The molecule has 1 aliphatic heterocycles. The van der Waals surface area contributed by atoms with Crippen molar-refractivity contribution >= 4 is 0 Å². The van der Waals surface area contributed by atoms with Crippen molar-refractivity contribution in [2.75, 3.05) is 6.61 Å². The maximum atomic E-state index is 12.2. The van der Waals surface area contributed by atoms with Gasteiger partial charge in [0.15, 0.2) is 0 Å². The van der Waals surface area contributed by atoms with Gasteiger partial charge in [0.25, 0.3) is 5.56 Å². The van der Waals surface area contributed by atoms with E-state index < -0.39 is 29.2 Å². The van der Waals surface area contributed by atoms with E-state index in [4.69, 9.17) is 9.47 Å². The van der Waals surface area contributed by atoms with Crippen LogP contribution in [0.3, 0.4) is 0 Å². The van der Waals surface area contributed by atoms with Gasteiger partial charge in [-0.2, -0.15) is 0 Å². The molecule has 0 aliphatic carbocycles. The van der Waals surface area contributed by atoms with Gasteiger partial charge in [0.1, 0.15) is 17.9 Å². The summed E-state index contributed by atoms with van der Waals surface area (Å²) in [4.78, 5) is 26.1. The predicted octanol–water partition coefficient (Wildman–Crippen LogP) is 1.66. The van der Waals surface area contributed by atoms with Gasteiger partial charge in [0.2, 0.25) is 0 Å². The van der Waals surface area contributed by atoms with Crippen molar-refractivity contribution in [3.63, 3.8) is 0 Å². The lowest BCUT2D eigenvalue weighted by molar-refractivity contribution is -0.120. The van der Waals surface area contributed by atoms with Crippen molar-refractivity contribution in [2.45, 2.75) is 44.3 Å². The molecule has 2 aromatic rings. The smallest absolute Gasteiger partial charge is 0.330 e. The van der Waals surface area contributed by atoms with Crippen molar-refractivity contribution in [1.82, 2.24) is 9.55 Å². The van der Waals surface area contributed by atoms with Gasteiger partial charge in [-0.25, -0.2) is 4.79 Å². The molecule has 1 aliphatic rings. The van der Waals surface area contributed by atoms with Crippen LogP contribution in [0.5, 0.6) is 0 Å². The molecule has 0 radical (unpaired) electrons. The molecule has 2 N–H and O–H groups in total. The fourth-order valence-electron chi connectivity index (χ4n) is 3.43. The average molecular weight is 372 g/mol. The van der Waals surface area contributed by atoms with Crippen LogP contribution in [0.1, 0.15) is 30.2 Å². The van der Waals surface area contributed by atoms with Gasteiger partial charge in [-0.15, -0.1) is 6.58 Å². The molecule has 7 heteroatoms. The number of aromatic amines is 1. The molecule has 3 rings (SSSR count). The molecule has 0 saturated carbocycles. The van der Waals surface area contributed by atoms with Gasteiger partial charge >= 0.3 is 5.69 Å². The molecule has 1 fully saturated rings. The fraction of sp³-hybridized carbons (Fsp3) is 0.400. The third-order valence-corrected chi connectivity index (χ3v) is 4.91. The first kappa shape index (κ1) is 19.3. The highest BCUT2D eigenvalue weighted by atomic mass is 16.6. The van der Waals surface area contributed by atoms with Gasteiger partial charge < -0.3 is 14.6 Å². The molecular formula is C20H24N2O5. The standard InChI is InChI=1S/C20H24N2O5/c1-3-9-20(26-13-15-7-5-4-6-8-15)10-17(27-16(20)12-23)22-11-14(2)18(24)21-19(22)25/h3-8,11,16-17,23H,1,9-10,12-13H2,2H3,(H,21,24,25)/t16-,17-,20-/m1/s1. The second-order valence-corrected chi connectivity index (χ2v) is 6.78. The lowest BCUT2D eigenvalue weighted by Crippen LogP contribution is -2.42. The largest absolute Gasteiger partial charge is 0.394 e. The van der Waals surface area contributed by atoms with E-state index in [-0.39, 0.29) is 6.61 Å². The number of aliphatic hydroxyl groups is 1. The number of H-pyrrole nitrogens is 1. The minimum atomic E-state index is -0.819. The summed E-state index contributed by atoms with van der Waals surface area (Å²) in [6.45, 7) is 5.52. The van der Waals surface area contributed by atoms with E-state index in [0.717, 1.165) is 5.56 Å². The molecule has 0 bridgehead atoms. The van der Waals surface area contributed by atoms with Gasteiger partial charge in [-0.3, -0.25) is 14.3 Å². The van der Waals surface area contributed by atoms with E-state index in [1.165, 1.54) is 10.8 Å². The number of benzene rings is 1. The molecule has 0 spiro atoms. The molecule has 2 heterocycles. The Labute approximate surface area is 156 Å². The lowest BCUT2D eigenvalue weighted by Gasteiger charge is -2.32. The molecule has 1 aromatic heterocycles. The number of rotatable bonds is 7. The summed E-state index contributed by atoms with van der Waals surface area (Å²) >= 11 is 0. The third-order valence-electron chi connectivity index (χ3n) is 4.91. The molecule has 27 heavy (non-hydrogen) atoms. The third kappa shape index (κ3) is 3.95. The number of nitrogens with zero attached hydrogens (tertiary/aromatic N) is 1. The minimum Gasteiger partial charge on any atom is -0.394 e. The number of aliphatic hydroxyl groups excluding tert-OH is 1. The van der Waals surface area contributed by atoms with Crippen LogP contribution < -0.4 is 11.2 Å². The Kier molecular flexibility index (Phi) is 5.74. The lowest BCUT2D eigenvalue weighted by atomic mass is 9.90. The number of hydrogen-bond donors (Lipinski definition) is 2. The summed E-state index contributed by atoms with van der Waals surface area (Å²) in [5, 5.41) is 9.87. The van der Waals surface area contributed by atoms with E-state index in [9.17, 15) is 14.7 Å². The van der Waals surface area contributed by atoms with Crippen LogP contribution in [-0.4, -0.2) is 33.0 Å². The Hall–Kier alpha value is -2.48. The van der Waals surface area contributed by atoms with Crippen molar-refractivity contribution in [2.24, 2.45) is 0 Å². The maximum Gasteiger partial charge on any atom is 0.330 e. The van der Waals surface area contributed by atoms with Crippen molar-refractivity contribution in [1.29, 1.82) is 0 Å². The summed E-state index contributed by atoms with van der Waals surface area (Å²) in [7, 11) is 0. The Balaban J connectivity index is 1.89. The van der Waals surface area contributed by atoms with Crippen LogP contribution in [0.4, 0.5) is 0 Å². The molecule has 0 amide bonds. The average Bonchev–Trinajstić information content (AvgIpc) is 3.03. The first-order valence-corrected chi connectivity index (χ1v) is 8.86. The molecule has 0 unspecified atom stereocenters. The number of hydrogen-bond acceptors (Lipinski definition) is 5. The number of aryl methyl sites for hydroxylation is 1. The Morgan fingerprint density at radius 3 is 2.81 bits per heavy atom. The summed E-state index contributed by atoms with van der Waals surface area (Å²) in [5.74, 6) is 0.